The molecule has 0 bridgehead atoms. The molecule has 1 atom stereocenters. The normalized spacial score (nSPS) is 20.2. The molecule has 0 spiro atoms. The zero-order chi connectivity index (χ0) is 11.5. The van der Waals surface area contributed by atoms with Crippen molar-refractivity contribution in [1.82, 2.24) is 9.97 Å². The molecular weight excluding hydrogens is 204 g/mol. The summed E-state index contributed by atoms with van der Waals surface area (Å²) in [4.78, 5) is 10.7. The smallest absolute Gasteiger partial charge is 0.137 e. The zero-order valence-corrected chi connectivity index (χ0v) is 9.77. The molecule has 0 aromatic carbocycles. The fourth-order valence-electron chi connectivity index (χ4n) is 2.19. The average Bonchev–Trinajstić information content (AvgIpc) is 2.78. The van der Waals surface area contributed by atoms with Gasteiger partial charge >= 0.3 is 0 Å². The number of rotatable bonds is 3. The number of aliphatic hydroxyl groups excluding tert-OH is 1. The Morgan fingerprint density at radius 3 is 3.00 bits per heavy atom. The van der Waals surface area contributed by atoms with Crippen LogP contribution in [-0.4, -0.2) is 41.8 Å². The van der Waals surface area contributed by atoms with E-state index in [1.54, 1.807) is 6.33 Å². The van der Waals surface area contributed by atoms with E-state index in [9.17, 15) is 0 Å². The number of hydrogen-bond donors (Lipinski definition) is 2. The third kappa shape index (κ3) is 1.95. The fraction of sp³-hybridized carbons (Fsp3) is 0.636. The highest BCUT2D eigenvalue weighted by Crippen LogP contribution is 2.26. The Labute approximate surface area is 95.5 Å². The van der Waals surface area contributed by atoms with Gasteiger partial charge in [0.1, 0.15) is 18.0 Å². The lowest BCUT2D eigenvalue weighted by Gasteiger charge is -2.20. The topological polar surface area (TPSA) is 61.3 Å². The van der Waals surface area contributed by atoms with Crippen molar-refractivity contribution in [2.45, 2.75) is 13.3 Å². The Kier molecular flexibility index (Phi) is 3.24. The molecule has 1 aromatic rings. The van der Waals surface area contributed by atoms with Gasteiger partial charge in [-0.1, -0.05) is 0 Å². The molecule has 88 valence electrons. The zero-order valence-electron chi connectivity index (χ0n) is 9.77. The molecule has 0 radical (unpaired) electrons. The first-order valence-electron chi connectivity index (χ1n) is 5.61. The third-order valence-electron chi connectivity index (χ3n) is 3.14. The van der Waals surface area contributed by atoms with Gasteiger partial charge < -0.3 is 15.3 Å². The van der Waals surface area contributed by atoms with E-state index >= 15 is 0 Å². The summed E-state index contributed by atoms with van der Waals surface area (Å²) in [6, 6.07) is 0. The van der Waals surface area contributed by atoms with Crippen molar-refractivity contribution in [3.8, 4) is 0 Å². The van der Waals surface area contributed by atoms with Gasteiger partial charge in [0.05, 0.1) is 0 Å². The molecular formula is C11H18N4O. The SMILES string of the molecule is CNc1ncnc(N2CCC(CO)C2)c1C. The van der Waals surface area contributed by atoms with Gasteiger partial charge in [0.25, 0.3) is 0 Å². The van der Waals surface area contributed by atoms with Gasteiger partial charge in [-0.25, -0.2) is 9.97 Å². The number of aromatic nitrogens is 2. The van der Waals surface area contributed by atoms with Crippen LogP contribution in [0.15, 0.2) is 6.33 Å². The summed E-state index contributed by atoms with van der Waals surface area (Å²) >= 11 is 0. The van der Waals surface area contributed by atoms with E-state index in [4.69, 9.17) is 5.11 Å². The summed E-state index contributed by atoms with van der Waals surface area (Å²) < 4.78 is 0. The molecule has 0 amide bonds. The fourth-order valence-corrected chi connectivity index (χ4v) is 2.19. The molecule has 16 heavy (non-hydrogen) atoms. The molecule has 1 aromatic heterocycles. The van der Waals surface area contributed by atoms with E-state index in [0.717, 1.165) is 36.7 Å². The van der Waals surface area contributed by atoms with Crippen LogP contribution < -0.4 is 10.2 Å². The number of nitrogens with one attached hydrogen (secondary N) is 1. The molecule has 1 unspecified atom stereocenters. The number of anilines is 2. The van der Waals surface area contributed by atoms with Crippen LogP contribution >= 0.6 is 0 Å². The van der Waals surface area contributed by atoms with Crippen molar-refractivity contribution in [3.05, 3.63) is 11.9 Å². The van der Waals surface area contributed by atoms with Crippen molar-refractivity contribution < 1.29 is 5.11 Å². The van der Waals surface area contributed by atoms with Crippen LogP contribution in [0.1, 0.15) is 12.0 Å². The van der Waals surface area contributed by atoms with Crippen LogP contribution in [0.3, 0.4) is 0 Å². The molecule has 2 heterocycles. The minimum absolute atomic E-state index is 0.263. The van der Waals surface area contributed by atoms with Gasteiger partial charge in [-0.05, 0) is 13.3 Å². The van der Waals surface area contributed by atoms with Crippen molar-refractivity contribution in [2.75, 3.05) is 37.0 Å². The molecule has 0 saturated carbocycles. The third-order valence-corrected chi connectivity index (χ3v) is 3.14. The molecule has 1 aliphatic heterocycles. The first kappa shape index (κ1) is 11.1. The minimum Gasteiger partial charge on any atom is -0.396 e. The maximum atomic E-state index is 9.13. The van der Waals surface area contributed by atoms with Crippen LogP contribution in [0.2, 0.25) is 0 Å². The Balaban J connectivity index is 2.21. The molecule has 2 rings (SSSR count). The van der Waals surface area contributed by atoms with Gasteiger partial charge in [0.15, 0.2) is 0 Å². The second-order valence-electron chi connectivity index (χ2n) is 4.20. The van der Waals surface area contributed by atoms with E-state index in [1.807, 2.05) is 14.0 Å². The largest absolute Gasteiger partial charge is 0.396 e. The summed E-state index contributed by atoms with van der Waals surface area (Å²) in [6.07, 6.45) is 2.62. The van der Waals surface area contributed by atoms with E-state index in [-0.39, 0.29) is 6.61 Å². The highest BCUT2D eigenvalue weighted by Gasteiger charge is 2.24. The predicted octanol–water partition coefficient (Wildman–Crippen LogP) is 0.645. The van der Waals surface area contributed by atoms with Crippen molar-refractivity contribution >= 4 is 11.6 Å². The van der Waals surface area contributed by atoms with Crippen molar-refractivity contribution in [3.63, 3.8) is 0 Å². The van der Waals surface area contributed by atoms with Gasteiger partial charge in [-0.3, -0.25) is 0 Å². The minimum atomic E-state index is 0.263. The van der Waals surface area contributed by atoms with E-state index in [2.05, 4.69) is 20.2 Å². The summed E-state index contributed by atoms with van der Waals surface area (Å²) in [7, 11) is 1.86. The molecule has 5 heteroatoms. The average molecular weight is 222 g/mol. The lowest BCUT2D eigenvalue weighted by Crippen LogP contribution is -2.23. The summed E-state index contributed by atoms with van der Waals surface area (Å²) in [5.74, 6) is 2.24. The Hall–Kier alpha value is -1.36. The Morgan fingerprint density at radius 1 is 1.56 bits per heavy atom. The van der Waals surface area contributed by atoms with Gasteiger partial charge in [-0.2, -0.15) is 0 Å². The van der Waals surface area contributed by atoms with E-state index < -0.39 is 0 Å². The van der Waals surface area contributed by atoms with E-state index in [0.29, 0.717) is 5.92 Å². The molecule has 2 N–H and O–H groups in total. The Morgan fingerprint density at radius 2 is 2.38 bits per heavy atom. The Bertz CT molecular complexity index is 369. The first-order valence-corrected chi connectivity index (χ1v) is 5.61. The van der Waals surface area contributed by atoms with Crippen molar-refractivity contribution in [2.24, 2.45) is 5.92 Å². The maximum Gasteiger partial charge on any atom is 0.137 e. The molecule has 1 aliphatic rings. The molecule has 0 aliphatic carbocycles. The summed E-state index contributed by atoms with van der Waals surface area (Å²) in [5.41, 5.74) is 1.07. The second-order valence-corrected chi connectivity index (χ2v) is 4.20. The van der Waals surface area contributed by atoms with Gasteiger partial charge in [-0.15, -0.1) is 0 Å². The number of nitrogens with zero attached hydrogens (tertiary/aromatic N) is 3. The monoisotopic (exact) mass is 222 g/mol. The molecule has 5 nitrogen and oxygen atoms in total. The highest BCUT2D eigenvalue weighted by molar-refractivity contribution is 5.58. The van der Waals surface area contributed by atoms with Crippen LogP contribution in [-0.2, 0) is 0 Å². The summed E-state index contributed by atoms with van der Waals surface area (Å²) in [6.45, 7) is 4.14. The van der Waals surface area contributed by atoms with Crippen molar-refractivity contribution in [1.29, 1.82) is 0 Å². The van der Waals surface area contributed by atoms with Gasteiger partial charge in [0, 0.05) is 38.2 Å². The maximum absolute atomic E-state index is 9.13. The number of hydrogen-bond acceptors (Lipinski definition) is 5. The second kappa shape index (κ2) is 4.65. The standard InChI is InChI=1S/C11H18N4O/c1-8-10(12-2)13-7-14-11(8)15-4-3-9(5-15)6-16/h7,9,16H,3-6H2,1-2H3,(H,12,13,14). The lowest BCUT2D eigenvalue weighted by molar-refractivity contribution is 0.238. The van der Waals surface area contributed by atoms with Crippen LogP contribution in [0.5, 0.6) is 0 Å². The van der Waals surface area contributed by atoms with E-state index in [1.165, 1.54) is 0 Å². The predicted molar refractivity (Wildman–Crippen MR) is 63.7 cm³/mol. The summed E-state index contributed by atoms with van der Waals surface area (Å²) in [5, 5.41) is 12.2. The number of aliphatic hydroxyl groups is 1. The first-order chi connectivity index (χ1) is 7.76. The highest BCUT2D eigenvalue weighted by atomic mass is 16.3. The lowest BCUT2D eigenvalue weighted by atomic mass is 10.1. The van der Waals surface area contributed by atoms with Gasteiger partial charge in [0.2, 0.25) is 0 Å². The molecule has 1 fully saturated rings. The van der Waals surface area contributed by atoms with Crippen LogP contribution in [0.4, 0.5) is 11.6 Å². The quantitative estimate of drug-likeness (QED) is 0.786. The van der Waals surface area contributed by atoms with Crippen LogP contribution in [0, 0.1) is 12.8 Å². The van der Waals surface area contributed by atoms with Crippen LogP contribution in [0.25, 0.3) is 0 Å². The molecule has 1 saturated heterocycles.